The first-order valence-electron chi connectivity index (χ1n) is 8.41. The Kier molecular flexibility index (Phi) is 7.37. The van der Waals surface area contributed by atoms with Gasteiger partial charge >= 0.3 is 0 Å². The van der Waals surface area contributed by atoms with Crippen LogP contribution in [0.3, 0.4) is 0 Å². The number of aliphatic hydroxyl groups is 1. The quantitative estimate of drug-likeness (QED) is 0.531. The molecule has 2 aromatic carbocycles. The van der Waals surface area contributed by atoms with E-state index in [9.17, 15) is 0 Å². The van der Waals surface area contributed by atoms with Crippen LogP contribution in [0.15, 0.2) is 60.4 Å². The highest BCUT2D eigenvalue weighted by Crippen LogP contribution is 2.18. The second-order valence-corrected chi connectivity index (χ2v) is 5.91. The Labute approximate surface area is 144 Å². The molecule has 0 aliphatic rings. The monoisotopic (exact) mass is 326 g/mol. The van der Waals surface area contributed by atoms with Crippen molar-refractivity contribution in [3.63, 3.8) is 0 Å². The third kappa shape index (κ3) is 6.47. The van der Waals surface area contributed by atoms with Gasteiger partial charge in [-0.2, -0.15) is 0 Å². The Bertz CT molecular complexity index is 627. The molecule has 0 atom stereocenters. The van der Waals surface area contributed by atoms with Gasteiger partial charge in [0, 0.05) is 6.61 Å². The zero-order valence-electron chi connectivity index (χ0n) is 14.5. The Morgan fingerprint density at radius 2 is 1.46 bits per heavy atom. The van der Waals surface area contributed by atoms with Gasteiger partial charge in [0.05, 0.1) is 0 Å². The number of aryl methyl sites for hydroxylation is 2. The minimum absolute atomic E-state index is 0.224. The lowest BCUT2D eigenvalue weighted by atomic mass is 10.2. The van der Waals surface area contributed by atoms with E-state index in [0.717, 1.165) is 36.5 Å². The second-order valence-electron chi connectivity index (χ2n) is 5.91. The fraction of sp³-hybridized carbons (Fsp3) is 0.333. The first kappa shape index (κ1) is 18.1. The maximum Gasteiger partial charge on any atom is 0.145 e. The molecule has 0 fully saturated rings. The summed E-state index contributed by atoms with van der Waals surface area (Å²) in [5, 5.41) is 8.89. The van der Waals surface area contributed by atoms with Crippen LogP contribution in [-0.2, 0) is 0 Å². The van der Waals surface area contributed by atoms with Gasteiger partial charge in [-0.15, -0.1) is 0 Å². The Morgan fingerprint density at radius 1 is 0.875 bits per heavy atom. The number of rotatable bonds is 9. The average molecular weight is 326 g/mol. The first-order valence-corrected chi connectivity index (χ1v) is 8.41. The van der Waals surface area contributed by atoms with Gasteiger partial charge in [-0.1, -0.05) is 35.4 Å². The predicted octanol–water partition coefficient (Wildman–Crippen LogP) is 4.81. The van der Waals surface area contributed by atoms with E-state index in [4.69, 9.17) is 14.6 Å². The number of unbranched alkanes of at least 4 members (excludes halogenated alkanes) is 2. The molecule has 0 aliphatic carbocycles. The van der Waals surface area contributed by atoms with Crippen molar-refractivity contribution < 1.29 is 14.6 Å². The lowest BCUT2D eigenvalue weighted by Gasteiger charge is -2.12. The molecule has 0 saturated heterocycles. The van der Waals surface area contributed by atoms with Crippen molar-refractivity contribution >= 4 is 0 Å². The highest BCUT2D eigenvalue weighted by Gasteiger charge is 2.03. The Morgan fingerprint density at radius 3 is 2.04 bits per heavy atom. The number of hydrogen-bond donors (Lipinski definition) is 1. The van der Waals surface area contributed by atoms with Crippen LogP contribution in [0.4, 0.5) is 0 Å². The van der Waals surface area contributed by atoms with E-state index in [-0.39, 0.29) is 6.61 Å². The van der Waals surface area contributed by atoms with Crippen LogP contribution < -0.4 is 9.47 Å². The van der Waals surface area contributed by atoms with Crippen LogP contribution in [-0.4, -0.2) is 18.3 Å². The molecule has 0 heterocycles. The third-order valence-electron chi connectivity index (χ3n) is 3.66. The molecule has 0 radical (unpaired) electrons. The molecule has 128 valence electrons. The van der Waals surface area contributed by atoms with Gasteiger partial charge in [0.1, 0.15) is 23.9 Å². The SMILES string of the molecule is Cc1ccc(OC/C(=C\CCCCO)Oc2ccc(C)cc2)cc1. The fourth-order valence-electron chi connectivity index (χ4n) is 2.20. The summed E-state index contributed by atoms with van der Waals surface area (Å²) < 4.78 is 11.8. The molecule has 2 rings (SSSR count). The second kappa shape index (κ2) is 9.78. The summed E-state index contributed by atoms with van der Waals surface area (Å²) in [6.07, 6.45) is 4.64. The van der Waals surface area contributed by atoms with Crippen LogP contribution in [0.2, 0.25) is 0 Å². The number of ether oxygens (including phenoxy) is 2. The molecule has 0 spiro atoms. The molecule has 24 heavy (non-hydrogen) atoms. The van der Waals surface area contributed by atoms with Gasteiger partial charge in [0.15, 0.2) is 0 Å². The normalized spacial score (nSPS) is 11.4. The van der Waals surface area contributed by atoms with Crippen molar-refractivity contribution in [1.29, 1.82) is 0 Å². The maximum absolute atomic E-state index is 8.89. The van der Waals surface area contributed by atoms with Crippen molar-refractivity contribution in [2.75, 3.05) is 13.2 Å². The standard InChI is InChI=1S/C21H26O3/c1-17-7-11-19(12-8-17)23-16-21(6-4-3-5-15-22)24-20-13-9-18(2)10-14-20/h6-14,22H,3-5,15-16H2,1-2H3/b21-6+. The highest BCUT2D eigenvalue weighted by molar-refractivity contribution is 5.29. The van der Waals surface area contributed by atoms with Crippen molar-refractivity contribution in [2.45, 2.75) is 33.1 Å². The van der Waals surface area contributed by atoms with Gasteiger partial charge < -0.3 is 14.6 Å². The van der Waals surface area contributed by atoms with Crippen LogP contribution in [0.5, 0.6) is 11.5 Å². The molecule has 0 aromatic heterocycles. The summed E-state index contributed by atoms with van der Waals surface area (Å²) in [5.41, 5.74) is 2.41. The minimum atomic E-state index is 0.224. The predicted molar refractivity (Wildman–Crippen MR) is 97.5 cm³/mol. The van der Waals surface area contributed by atoms with E-state index in [1.165, 1.54) is 11.1 Å². The van der Waals surface area contributed by atoms with E-state index in [0.29, 0.717) is 6.61 Å². The zero-order chi connectivity index (χ0) is 17.2. The van der Waals surface area contributed by atoms with Gasteiger partial charge in [-0.25, -0.2) is 0 Å². The molecule has 0 amide bonds. The minimum Gasteiger partial charge on any atom is -0.486 e. The molecule has 0 bridgehead atoms. The fourth-order valence-corrected chi connectivity index (χ4v) is 2.20. The summed E-state index contributed by atoms with van der Waals surface area (Å²) in [6, 6.07) is 16.0. The number of aliphatic hydroxyl groups excluding tert-OH is 1. The van der Waals surface area contributed by atoms with Crippen molar-refractivity contribution in [1.82, 2.24) is 0 Å². The van der Waals surface area contributed by atoms with Gasteiger partial charge in [0.2, 0.25) is 0 Å². The molecular formula is C21H26O3. The molecule has 1 N–H and O–H groups in total. The van der Waals surface area contributed by atoms with Crippen LogP contribution in [0.1, 0.15) is 30.4 Å². The van der Waals surface area contributed by atoms with Crippen molar-refractivity contribution in [3.8, 4) is 11.5 Å². The van der Waals surface area contributed by atoms with Gasteiger partial charge in [-0.05, 0) is 63.5 Å². The Balaban J connectivity index is 1.98. The van der Waals surface area contributed by atoms with Crippen molar-refractivity contribution in [3.05, 3.63) is 71.5 Å². The van der Waals surface area contributed by atoms with Crippen LogP contribution in [0, 0.1) is 13.8 Å². The van der Waals surface area contributed by atoms with E-state index >= 15 is 0 Å². The summed E-state index contributed by atoms with van der Waals surface area (Å²) in [6.45, 7) is 4.71. The molecule has 2 aromatic rings. The first-order chi connectivity index (χ1) is 11.7. The molecular weight excluding hydrogens is 300 g/mol. The summed E-state index contributed by atoms with van der Waals surface area (Å²) in [4.78, 5) is 0. The maximum atomic E-state index is 8.89. The zero-order valence-corrected chi connectivity index (χ0v) is 14.5. The van der Waals surface area contributed by atoms with E-state index < -0.39 is 0 Å². The van der Waals surface area contributed by atoms with Crippen LogP contribution in [0.25, 0.3) is 0 Å². The topological polar surface area (TPSA) is 38.7 Å². The Hall–Kier alpha value is -2.26. The number of allylic oxidation sites excluding steroid dienone is 1. The lowest BCUT2D eigenvalue weighted by Crippen LogP contribution is -2.07. The molecule has 3 nitrogen and oxygen atoms in total. The summed E-state index contributed by atoms with van der Waals surface area (Å²) in [5.74, 6) is 2.42. The van der Waals surface area contributed by atoms with E-state index in [1.54, 1.807) is 0 Å². The summed E-state index contributed by atoms with van der Waals surface area (Å²) >= 11 is 0. The lowest BCUT2D eigenvalue weighted by molar-refractivity contribution is 0.276. The molecule has 0 unspecified atom stereocenters. The molecule has 3 heteroatoms. The van der Waals surface area contributed by atoms with Gasteiger partial charge in [0.25, 0.3) is 0 Å². The van der Waals surface area contributed by atoms with Gasteiger partial charge in [-0.3, -0.25) is 0 Å². The molecule has 0 saturated carbocycles. The van der Waals surface area contributed by atoms with Crippen molar-refractivity contribution in [2.24, 2.45) is 0 Å². The van der Waals surface area contributed by atoms with Crippen LogP contribution >= 0.6 is 0 Å². The number of benzene rings is 2. The average Bonchev–Trinajstić information content (AvgIpc) is 2.59. The molecule has 0 aliphatic heterocycles. The smallest absolute Gasteiger partial charge is 0.145 e. The number of hydrogen-bond acceptors (Lipinski definition) is 3. The summed E-state index contributed by atoms with van der Waals surface area (Å²) in [7, 11) is 0. The van der Waals surface area contributed by atoms with E-state index in [1.807, 2.05) is 54.6 Å². The highest BCUT2D eigenvalue weighted by atomic mass is 16.5. The van der Waals surface area contributed by atoms with E-state index in [2.05, 4.69) is 13.8 Å². The third-order valence-corrected chi connectivity index (χ3v) is 3.66. The largest absolute Gasteiger partial charge is 0.486 e.